The maximum absolute atomic E-state index is 5.16. The van der Waals surface area contributed by atoms with E-state index in [-0.39, 0.29) is 0 Å². The van der Waals surface area contributed by atoms with Crippen molar-refractivity contribution in [2.45, 2.75) is 0 Å². The Morgan fingerprint density at radius 1 is 0.149 bits per heavy atom. The van der Waals surface area contributed by atoms with E-state index in [1.54, 1.807) is 0 Å². The van der Waals surface area contributed by atoms with Crippen LogP contribution in [0.2, 0.25) is 0 Å². The molecule has 12 heteroatoms. The van der Waals surface area contributed by atoms with Gasteiger partial charge in [-0.3, -0.25) is 18.7 Å². The number of fused-ring (bicyclic) bond motifs is 21. The topological polar surface area (TPSA) is 91.0 Å². The van der Waals surface area contributed by atoms with E-state index in [0.29, 0.717) is 0 Å². The van der Waals surface area contributed by atoms with Crippen LogP contribution in [0, 0.1) is 0 Å². The number of nitrogens with zero attached hydrogens (tertiary/aromatic N) is 12. The van der Waals surface area contributed by atoms with Gasteiger partial charge in [0.05, 0.1) is 100 Å². The van der Waals surface area contributed by atoms with E-state index in [9.17, 15) is 0 Å². The Balaban J connectivity index is 0.000000105. The fourth-order valence-corrected chi connectivity index (χ4v) is 23.1. The van der Waals surface area contributed by atoms with Gasteiger partial charge in [0.2, 0.25) is 0 Å². The minimum atomic E-state index is 0.919. The molecular formula is C136H88N12. The summed E-state index contributed by atoms with van der Waals surface area (Å²) in [6.45, 7) is 0. The lowest BCUT2D eigenvalue weighted by molar-refractivity contribution is 1.08. The van der Waals surface area contributed by atoms with Crippen molar-refractivity contribution in [3.8, 4) is 102 Å². The highest BCUT2D eigenvalue weighted by Gasteiger charge is 2.26. The molecule has 0 spiro atoms. The molecule has 0 radical (unpaired) electrons. The van der Waals surface area contributed by atoms with E-state index in [1.807, 2.05) is 30.7 Å². The fourth-order valence-electron chi connectivity index (χ4n) is 23.1. The number of aromatic nitrogens is 12. The standard InChI is InChI=1S/C49H32N4.C48H31N5.C39H25N3/c1-3-15-36(16-4-1)51-44-23-10-7-20-39(44)41-31-33(26-28-46(41)51)34-27-29-47-42(32-34)40-21-8-11-24-45(40)52(47)38-19-13-14-35(30-38)49-50-43-22-9-12-25-48(43)53(49)37-17-5-2-6-18-37;1-2-14-35(15-3-1)52-46-22-9-6-19-41(46)50-48(52)34-13-12-16-36(29-34)51-42-20-7-4-17-37(42)39-30-32(24-26-44(39)51)33-25-27-45-40(31-33)38-18-5-8-21-43(38)53(45)47-23-10-11-28-49-47;1-2-11-29(12-3-1)41-35-16-8-6-14-31(35)33-22-26(18-20-37(33)41)27-19-21-38-34(23-27)32-15-7-9-17-36(32)42(38)39-25-40-24-28-10-4-5-13-30(28)39/h1-32H;1-31H;1-25H. The summed E-state index contributed by atoms with van der Waals surface area (Å²) >= 11 is 0. The third-order valence-electron chi connectivity index (χ3n) is 29.7. The number of imidazole rings is 2. The van der Waals surface area contributed by atoms with Crippen molar-refractivity contribution in [1.29, 1.82) is 0 Å². The van der Waals surface area contributed by atoms with Gasteiger partial charge in [-0.25, -0.2) is 15.0 Å². The second kappa shape index (κ2) is 35.0. The maximum atomic E-state index is 5.16. The van der Waals surface area contributed by atoms with E-state index in [0.717, 1.165) is 101 Å². The quantitative estimate of drug-likeness (QED) is 0.115. The van der Waals surface area contributed by atoms with Gasteiger partial charge in [-0.2, -0.15) is 0 Å². The summed E-state index contributed by atoms with van der Waals surface area (Å²) in [6.07, 6.45) is 5.78. The zero-order valence-electron chi connectivity index (χ0n) is 80.2. The summed E-state index contributed by atoms with van der Waals surface area (Å²) in [5.41, 5.74) is 35.4. The fraction of sp³-hybridized carbons (Fsp3) is 0. The Morgan fingerprint density at radius 2 is 0.412 bits per heavy atom. The highest BCUT2D eigenvalue weighted by molar-refractivity contribution is 6.18. The summed E-state index contributed by atoms with van der Waals surface area (Å²) in [5.74, 6) is 2.76. The molecule has 0 saturated carbocycles. The third kappa shape index (κ3) is 14.0. The third-order valence-corrected chi connectivity index (χ3v) is 29.7. The van der Waals surface area contributed by atoms with Crippen LogP contribution >= 0.6 is 0 Å². The molecule has 31 rings (SSSR count). The lowest BCUT2D eigenvalue weighted by Gasteiger charge is -2.12. The SMILES string of the molecule is c1ccc(-n2c(-c3cccc(-n4c5ccccc5c5cc(-c6ccc7c(c6)c6ccccc6n7-c6ccccc6)ccc54)c3)nc3ccccc32)cc1.c1ccc(-n2c(-c3cccc(-n4c5ccccc5c5cc(-c6ccc7c(c6)c6ccccc6n7-c6ccccn6)ccc54)c3)nc3ccccc32)cc1.c1ccc(-n2c3ccccc3c3cc(-c4ccc5c(c4)c4ccccc4n5-c4cncc5ccccc45)ccc32)cc1. The summed E-state index contributed by atoms with van der Waals surface area (Å²) < 4.78 is 18.7. The molecule has 12 nitrogen and oxygen atoms in total. The van der Waals surface area contributed by atoms with Crippen LogP contribution in [0.4, 0.5) is 0 Å². The molecule has 0 bridgehead atoms. The van der Waals surface area contributed by atoms with Crippen molar-refractivity contribution in [1.82, 2.24) is 56.5 Å². The van der Waals surface area contributed by atoms with Crippen LogP contribution in [0.5, 0.6) is 0 Å². The smallest absolute Gasteiger partial charge is 0.145 e. The molecule has 0 N–H and O–H groups in total. The van der Waals surface area contributed by atoms with Gasteiger partial charge in [0.1, 0.15) is 17.5 Å². The molecule has 148 heavy (non-hydrogen) atoms. The second-order valence-electron chi connectivity index (χ2n) is 38.0. The summed E-state index contributed by atoms with van der Waals surface area (Å²) in [7, 11) is 0. The number of hydrogen-bond acceptors (Lipinski definition) is 4. The first-order chi connectivity index (χ1) is 73.4. The molecule has 0 atom stereocenters. The first kappa shape index (κ1) is 84.8. The zero-order chi connectivity index (χ0) is 97.4. The predicted octanol–water partition coefficient (Wildman–Crippen LogP) is 34.6. The molecule has 21 aromatic carbocycles. The second-order valence-corrected chi connectivity index (χ2v) is 38.0. The molecule has 31 aromatic rings. The van der Waals surface area contributed by atoms with Crippen LogP contribution in [-0.4, -0.2) is 56.5 Å². The zero-order valence-corrected chi connectivity index (χ0v) is 80.2. The minimum absolute atomic E-state index is 0.919. The molecule has 0 amide bonds. The maximum Gasteiger partial charge on any atom is 0.145 e. The van der Waals surface area contributed by atoms with Crippen LogP contribution < -0.4 is 0 Å². The van der Waals surface area contributed by atoms with Gasteiger partial charge < -0.3 is 22.8 Å². The first-order valence-electron chi connectivity index (χ1n) is 50.3. The van der Waals surface area contributed by atoms with Crippen molar-refractivity contribution in [3.05, 3.63) is 534 Å². The normalized spacial score (nSPS) is 11.8. The Labute approximate surface area is 850 Å². The number of para-hydroxylation sites is 14. The van der Waals surface area contributed by atoms with Crippen LogP contribution in [0.3, 0.4) is 0 Å². The Hall–Kier alpha value is -20.1. The van der Waals surface area contributed by atoms with Crippen molar-refractivity contribution in [2.24, 2.45) is 0 Å². The first-order valence-corrected chi connectivity index (χ1v) is 50.3. The molecule has 0 aliphatic rings. The van der Waals surface area contributed by atoms with Gasteiger partial charge in [-0.1, -0.05) is 297 Å². The van der Waals surface area contributed by atoms with Gasteiger partial charge >= 0.3 is 0 Å². The molecule has 0 unspecified atom stereocenters. The van der Waals surface area contributed by atoms with Gasteiger partial charge in [-0.15, -0.1) is 0 Å². The van der Waals surface area contributed by atoms with Crippen molar-refractivity contribution < 1.29 is 0 Å². The van der Waals surface area contributed by atoms with Crippen molar-refractivity contribution >= 4 is 164 Å². The Morgan fingerprint density at radius 3 is 0.764 bits per heavy atom. The van der Waals surface area contributed by atoms with Crippen molar-refractivity contribution in [2.75, 3.05) is 0 Å². The van der Waals surface area contributed by atoms with Crippen LogP contribution in [-0.2, 0) is 0 Å². The van der Waals surface area contributed by atoms with E-state index in [1.165, 1.54) is 164 Å². The molecule has 0 aliphatic carbocycles. The number of hydrogen-bond donors (Lipinski definition) is 0. The predicted molar refractivity (Wildman–Crippen MR) is 615 cm³/mol. The summed E-state index contributed by atoms with van der Waals surface area (Å²) in [5, 5.41) is 17.2. The molecular weight excluding hydrogens is 1800 g/mol. The van der Waals surface area contributed by atoms with Gasteiger partial charge in [0, 0.05) is 133 Å². The van der Waals surface area contributed by atoms with Gasteiger partial charge in [0.15, 0.2) is 0 Å². The molecule has 10 heterocycles. The number of pyridine rings is 2. The van der Waals surface area contributed by atoms with Gasteiger partial charge in [-0.05, 0) is 252 Å². The molecule has 0 saturated heterocycles. The van der Waals surface area contributed by atoms with E-state index < -0.39 is 0 Å². The summed E-state index contributed by atoms with van der Waals surface area (Å²) in [4.78, 5) is 19.6. The van der Waals surface area contributed by atoms with E-state index in [2.05, 4.69) is 545 Å². The monoisotopic (exact) mass is 1890 g/mol. The average Bonchev–Trinajstić information content (AvgIpc) is 1.58. The van der Waals surface area contributed by atoms with E-state index >= 15 is 0 Å². The average molecular weight is 1890 g/mol. The van der Waals surface area contributed by atoms with Crippen LogP contribution in [0.25, 0.3) is 265 Å². The number of benzene rings is 21. The Bertz CT molecular complexity index is 10300. The summed E-state index contributed by atoms with van der Waals surface area (Å²) in [6, 6.07) is 185. The molecule has 0 fully saturated rings. The highest BCUT2D eigenvalue weighted by Crippen LogP contribution is 2.46. The lowest BCUT2D eigenvalue weighted by Crippen LogP contribution is -1.99. The minimum Gasteiger partial charge on any atom is -0.309 e. The highest BCUT2D eigenvalue weighted by atomic mass is 15.1. The molecule has 0 aliphatic heterocycles. The van der Waals surface area contributed by atoms with Crippen LogP contribution in [0.1, 0.15) is 0 Å². The molecule has 692 valence electrons. The van der Waals surface area contributed by atoms with Crippen molar-refractivity contribution in [3.63, 3.8) is 0 Å². The van der Waals surface area contributed by atoms with Gasteiger partial charge in [0.25, 0.3) is 0 Å². The largest absolute Gasteiger partial charge is 0.309 e. The Kier molecular flexibility index (Phi) is 20.0. The number of rotatable bonds is 13. The van der Waals surface area contributed by atoms with E-state index in [4.69, 9.17) is 15.0 Å². The lowest BCUT2D eigenvalue weighted by atomic mass is 10.0. The van der Waals surface area contributed by atoms with Crippen LogP contribution in [0.15, 0.2) is 534 Å². The molecule has 10 aromatic heterocycles.